The second kappa shape index (κ2) is 20.6. The number of ketones is 1. The molecule has 13 atom stereocenters. The van der Waals surface area contributed by atoms with Gasteiger partial charge in [-0.2, -0.15) is 0 Å². The van der Waals surface area contributed by atoms with Crippen molar-refractivity contribution in [3.05, 3.63) is 30.5 Å². The van der Waals surface area contributed by atoms with E-state index in [1.54, 1.807) is 30.5 Å². The highest BCUT2D eigenvalue weighted by Gasteiger charge is 2.59. The highest BCUT2D eigenvalue weighted by molar-refractivity contribution is 6.00. The number of hydrogen-bond donors (Lipinski definition) is 4. The molecule has 342 valence electrons. The summed E-state index contributed by atoms with van der Waals surface area (Å²) in [5.74, 6) is -3.39. The first-order chi connectivity index (χ1) is 28.9. The summed E-state index contributed by atoms with van der Waals surface area (Å²) in [5, 5.41) is 34.2. The summed E-state index contributed by atoms with van der Waals surface area (Å²) in [5.41, 5.74) is 5.74. The van der Waals surface area contributed by atoms with E-state index in [1.807, 2.05) is 70.2 Å². The van der Waals surface area contributed by atoms with E-state index >= 15 is 0 Å². The number of nitrogen functional groups attached to an aromatic ring is 1. The average Bonchev–Trinajstić information content (AvgIpc) is 3.80. The fourth-order valence-electron chi connectivity index (χ4n) is 9.67. The van der Waals surface area contributed by atoms with Crippen LogP contribution < -0.4 is 11.1 Å². The molecule has 17 heteroatoms. The number of amides is 1. The number of nitrogens with one attached hydrogen (secondary N) is 1. The van der Waals surface area contributed by atoms with Crippen LogP contribution >= 0.6 is 0 Å². The number of rotatable bonds is 13. The minimum Gasteiger partial charge on any atom is -0.458 e. The zero-order chi connectivity index (χ0) is 44.8. The SMILES string of the molecule is CC[C@H]1OC(=O)[C@H](C)C(=O)[C@H](C)[C@@H](O[C@@H]2OC(C)CC(N(C)C)C2O)[C@](C)(OC)C[C@@H](C)CN[C@H](CCO)[C@H]2N(CCCCn3cc(-c4cccc(N)c4)nn3)C(=O)O[C@]12C. The number of carbonyl (C=O) groups is 3. The first kappa shape index (κ1) is 48.3. The van der Waals surface area contributed by atoms with Crippen LogP contribution in [0.2, 0.25) is 0 Å². The lowest BCUT2D eigenvalue weighted by atomic mass is 9.78. The van der Waals surface area contributed by atoms with Crippen molar-refractivity contribution in [3.63, 3.8) is 0 Å². The number of esters is 1. The van der Waals surface area contributed by atoms with E-state index in [-0.39, 0.29) is 37.5 Å². The van der Waals surface area contributed by atoms with E-state index in [0.717, 1.165) is 5.56 Å². The molecule has 3 aliphatic rings. The quantitative estimate of drug-likeness (QED) is 0.0980. The molecular formula is C44H71N7O10. The lowest BCUT2D eigenvalue weighted by Crippen LogP contribution is -2.62. The van der Waals surface area contributed by atoms with Crippen LogP contribution in [0.1, 0.15) is 87.0 Å². The number of likely N-dealkylation sites (N-methyl/N-ethyl adjacent to an activating group) is 1. The van der Waals surface area contributed by atoms with Gasteiger partial charge >= 0.3 is 12.1 Å². The van der Waals surface area contributed by atoms with E-state index in [4.69, 9.17) is 29.4 Å². The van der Waals surface area contributed by atoms with Crippen molar-refractivity contribution < 1.29 is 48.3 Å². The Labute approximate surface area is 360 Å². The van der Waals surface area contributed by atoms with Gasteiger partial charge in [0.2, 0.25) is 0 Å². The molecule has 61 heavy (non-hydrogen) atoms. The molecule has 0 radical (unpaired) electrons. The van der Waals surface area contributed by atoms with E-state index in [0.29, 0.717) is 56.7 Å². The number of nitrogens with two attached hydrogens (primary N) is 1. The topological polar surface area (TPSA) is 213 Å². The summed E-state index contributed by atoms with van der Waals surface area (Å²) in [6.07, 6.45) is -0.0403. The largest absolute Gasteiger partial charge is 0.458 e. The molecule has 0 aliphatic carbocycles. The number of Topliss-reactive ketones (excluding diaryl/α,β-unsaturated/α-hetero) is 1. The zero-order valence-corrected chi connectivity index (χ0v) is 37.8. The second-order valence-electron chi connectivity index (χ2n) is 18.1. The molecule has 17 nitrogen and oxygen atoms in total. The molecule has 0 spiro atoms. The van der Waals surface area contributed by atoms with Crippen molar-refractivity contribution in [2.75, 3.05) is 46.6 Å². The number of aryl methyl sites for hydroxylation is 1. The van der Waals surface area contributed by atoms with Crippen molar-refractivity contribution in [2.45, 2.75) is 154 Å². The standard InChI is InChI=1S/C44H71N7O10/c1-11-35-44(7)38(51(42(56)61-44)19-13-12-18-50-25-33(47-48-50)30-15-14-16-31(45)22-30)32(17-20-52)46-24-26(2)23-43(6,57-10)39(28(4)36(53)29(5)40(55)59-35)60-41-37(54)34(49(8)9)21-27(3)58-41/h14-16,22,25-29,32,34-35,37-39,41,46,52,54H,11-13,17-21,23-24,45H2,1-10H3/t26-,27?,28+,29-,32-,34?,35-,37?,38-,39-,41+,43-,44-/m1/s1. The van der Waals surface area contributed by atoms with Crippen LogP contribution in [-0.2, 0) is 39.8 Å². The van der Waals surface area contributed by atoms with E-state index in [1.165, 1.54) is 6.92 Å². The number of aromatic nitrogens is 3. The normalized spacial score (nSPS) is 35.7. The lowest BCUT2D eigenvalue weighted by molar-refractivity contribution is -0.295. The molecule has 2 aromatic rings. The molecule has 0 saturated carbocycles. The Hall–Kier alpha value is -3.71. The predicted molar refractivity (Wildman–Crippen MR) is 228 cm³/mol. The predicted octanol–water partition coefficient (Wildman–Crippen LogP) is 3.65. The monoisotopic (exact) mass is 858 g/mol. The first-order valence-electron chi connectivity index (χ1n) is 21.9. The number of aliphatic hydroxyl groups excluding tert-OH is 2. The number of anilines is 1. The molecule has 3 saturated heterocycles. The molecule has 3 aliphatic heterocycles. The number of aliphatic hydroxyl groups is 2. The van der Waals surface area contributed by atoms with Gasteiger partial charge in [-0.3, -0.25) is 19.2 Å². The highest BCUT2D eigenvalue weighted by atomic mass is 16.7. The smallest absolute Gasteiger partial charge is 0.410 e. The van der Waals surface area contributed by atoms with Crippen molar-refractivity contribution >= 4 is 23.5 Å². The van der Waals surface area contributed by atoms with Crippen LogP contribution in [0.15, 0.2) is 30.5 Å². The Morgan fingerprint density at radius 1 is 1.10 bits per heavy atom. The number of cyclic esters (lactones) is 1. The zero-order valence-electron chi connectivity index (χ0n) is 37.8. The summed E-state index contributed by atoms with van der Waals surface area (Å²) < 4.78 is 33.3. The van der Waals surface area contributed by atoms with Crippen molar-refractivity contribution in [3.8, 4) is 11.3 Å². The Morgan fingerprint density at radius 2 is 1.82 bits per heavy atom. The van der Waals surface area contributed by atoms with Crippen molar-refractivity contribution in [1.29, 1.82) is 0 Å². The summed E-state index contributed by atoms with van der Waals surface area (Å²) >= 11 is 0. The van der Waals surface area contributed by atoms with Crippen LogP contribution in [0.3, 0.4) is 0 Å². The van der Waals surface area contributed by atoms with Crippen LogP contribution in [0.25, 0.3) is 11.3 Å². The maximum absolute atomic E-state index is 14.4. The van der Waals surface area contributed by atoms with Gasteiger partial charge in [0.15, 0.2) is 17.7 Å². The van der Waals surface area contributed by atoms with Crippen molar-refractivity contribution in [1.82, 2.24) is 30.1 Å². The molecular weight excluding hydrogens is 787 g/mol. The maximum Gasteiger partial charge on any atom is 0.410 e. The third-order valence-electron chi connectivity index (χ3n) is 13.1. The fraction of sp³-hybridized carbons (Fsp3) is 0.750. The summed E-state index contributed by atoms with van der Waals surface area (Å²) in [7, 11) is 5.35. The molecule has 1 aromatic carbocycles. The number of benzene rings is 1. The van der Waals surface area contributed by atoms with Gasteiger partial charge in [0.05, 0.1) is 30.0 Å². The third-order valence-corrected chi connectivity index (χ3v) is 13.1. The van der Waals surface area contributed by atoms with Crippen LogP contribution in [0, 0.1) is 17.8 Å². The molecule has 4 heterocycles. The fourth-order valence-corrected chi connectivity index (χ4v) is 9.67. The minimum absolute atomic E-state index is 0.0924. The van der Waals surface area contributed by atoms with Crippen LogP contribution in [0.4, 0.5) is 10.5 Å². The van der Waals surface area contributed by atoms with E-state index < -0.39 is 77.6 Å². The van der Waals surface area contributed by atoms with Gasteiger partial charge in [-0.05, 0) is 105 Å². The van der Waals surface area contributed by atoms with Gasteiger partial charge in [-0.25, -0.2) is 4.79 Å². The Bertz CT molecular complexity index is 1780. The number of ether oxygens (including phenoxy) is 5. The second-order valence-corrected chi connectivity index (χ2v) is 18.1. The molecule has 3 unspecified atom stereocenters. The maximum atomic E-state index is 14.4. The Kier molecular flexibility index (Phi) is 16.4. The van der Waals surface area contributed by atoms with Gasteiger partial charge in [0.1, 0.15) is 23.8 Å². The van der Waals surface area contributed by atoms with Gasteiger partial charge in [0.25, 0.3) is 0 Å². The first-order valence-corrected chi connectivity index (χ1v) is 21.9. The number of fused-ring (bicyclic) bond motifs is 1. The number of unbranched alkanes of at least 4 members (excludes halogenated alkanes) is 1. The van der Waals surface area contributed by atoms with Gasteiger partial charge in [-0.15, -0.1) is 5.10 Å². The van der Waals surface area contributed by atoms with E-state index in [2.05, 4.69) is 22.6 Å². The summed E-state index contributed by atoms with van der Waals surface area (Å²) in [4.78, 5) is 46.1. The van der Waals surface area contributed by atoms with E-state index in [9.17, 15) is 24.6 Å². The Balaban J connectivity index is 1.42. The number of hydrogen-bond acceptors (Lipinski definition) is 15. The van der Waals surface area contributed by atoms with Gasteiger partial charge in [0, 0.05) is 56.1 Å². The minimum atomic E-state index is -1.34. The summed E-state index contributed by atoms with van der Waals surface area (Å²) in [6.45, 7) is 13.8. The molecule has 3 fully saturated rings. The third kappa shape index (κ3) is 10.9. The molecule has 5 rings (SSSR count). The highest BCUT2D eigenvalue weighted by Crippen LogP contribution is 2.41. The number of methoxy groups -OCH3 is 1. The van der Waals surface area contributed by atoms with Crippen molar-refractivity contribution in [2.24, 2.45) is 17.8 Å². The summed E-state index contributed by atoms with van der Waals surface area (Å²) in [6, 6.07) is 6.06. The molecule has 1 aromatic heterocycles. The van der Waals surface area contributed by atoms with Gasteiger partial charge in [-0.1, -0.05) is 38.1 Å². The lowest BCUT2D eigenvalue weighted by Gasteiger charge is -2.46. The van der Waals surface area contributed by atoms with Gasteiger partial charge < -0.3 is 49.8 Å². The Morgan fingerprint density at radius 3 is 2.48 bits per heavy atom. The van der Waals surface area contributed by atoms with Crippen LogP contribution in [0.5, 0.6) is 0 Å². The van der Waals surface area contributed by atoms with Crippen LogP contribution in [-0.4, -0.2) is 154 Å². The number of nitrogens with zero attached hydrogens (tertiary/aromatic N) is 5. The molecule has 0 bridgehead atoms. The molecule has 5 N–H and O–H groups in total. The molecule has 1 amide bonds. The number of carbonyl (C=O) groups excluding carboxylic acids is 3. The average molecular weight is 858 g/mol.